The molecule has 0 unspecified atom stereocenters. The van der Waals surface area contributed by atoms with Gasteiger partial charge in [0.2, 0.25) is 0 Å². The molecular weight excluding hydrogens is 300 g/mol. The highest BCUT2D eigenvalue weighted by Crippen LogP contribution is 2.17. The smallest absolute Gasteiger partial charge is 0.270 e. The lowest BCUT2D eigenvalue weighted by Crippen LogP contribution is -2.29. The molecule has 0 fully saturated rings. The van der Waals surface area contributed by atoms with E-state index in [1.54, 1.807) is 5.38 Å². The summed E-state index contributed by atoms with van der Waals surface area (Å²) in [6.07, 6.45) is 0. The Morgan fingerprint density at radius 2 is 2.33 bits per heavy atom. The van der Waals surface area contributed by atoms with E-state index in [2.05, 4.69) is 10.3 Å². The maximum Gasteiger partial charge on any atom is 0.326 e. The molecule has 0 spiro atoms. The molecule has 0 saturated carbocycles. The summed E-state index contributed by atoms with van der Waals surface area (Å²) in [6, 6.07) is 1.40. The van der Waals surface area contributed by atoms with Crippen LogP contribution in [0.4, 0.5) is 4.79 Å². The Bertz CT molecular complexity index is 594. The number of amides is 2. The SMILES string of the molecule is O=C1CN=NN1C(=O)SNS(=O)(=O)c1ccsc1. The van der Waals surface area contributed by atoms with E-state index < -0.39 is 21.2 Å². The van der Waals surface area contributed by atoms with Gasteiger partial charge in [-0.15, -0.1) is 9.14 Å². The number of sulfonamides is 1. The fourth-order valence-electron chi connectivity index (χ4n) is 0.997. The Hall–Kier alpha value is -1.30. The molecule has 2 heterocycles. The Labute approximate surface area is 110 Å². The molecule has 1 aromatic rings. The topological polar surface area (TPSA) is 108 Å². The largest absolute Gasteiger partial charge is 0.326 e. The first-order valence-corrected chi connectivity index (χ1v) is 7.70. The molecule has 1 N–H and O–H groups in total. The van der Waals surface area contributed by atoms with Gasteiger partial charge in [0.15, 0.2) is 0 Å². The number of carbonyl (C=O) groups excluding carboxylic acids is 2. The van der Waals surface area contributed by atoms with Crippen molar-refractivity contribution in [2.24, 2.45) is 10.3 Å². The number of imide groups is 1. The first-order valence-electron chi connectivity index (χ1n) is 4.46. The highest BCUT2D eigenvalue weighted by molar-refractivity contribution is 8.18. The van der Waals surface area contributed by atoms with Gasteiger partial charge in [-0.25, -0.2) is 8.42 Å². The third kappa shape index (κ3) is 2.75. The summed E-state index contributed by atoms with van der Waals surface area (Å²) in [6.45, 7) is -0.205. The van der Waals surface area contributed by atoms with Crippen LogP contribution in [0.3, 0.4) is 0 Å². The standard InChI is InChI=1S/C7H6N4O4S3/c12-6-3-8-9-11(6)7(13)17-10-18(14,15)5-1-2-16-4-5/h1-2,4,10H,3H2. The van der Waals surface area contributed by atoms with Gasteiger partial charge in [-0.2, -0.15) is 16.5 Å². The van der Waals surface area contributed by atoms with Crippen molar-refractivity contribution in [3.05, 3.63) is 16.8 Å². The van der Waals surface area contributed by atoms with E-state index >= 15 is 0 Å². The minimum absolute atomic E-state index is 0.0576. The first-order chi connectivity index (χ1) is 8.50. The predicted octanol–water partition coefficient (Wildman–Crippen LogP) is 1.00. The van der Waals surface area contributed by atoms with Crippen molar-refractivity contribution in [3.8, 4) is 0 Å². The fraction of sp³-hybridized carbons (Fsp3) is 0.143. The number of carbonyl (C=O) groups is 2. The molecule has 0 bridgehead atoms. The summed E-state index contributed by atoms with van der Waals surface area (Å²) >= 11 is 1.48. The van der Waals surface area contributed by atoms with E-state index in [1.165, 1.54) is 22.8 Å². The predicted molar refractivity (Wildman–Crippen MR) is 64.2 cm³/mol. The zero-order chi connectivity index (χ0) is 13.2. The van der Waals surface area contributed by atoms with E-state index in [-0.39, 0.29) is 23.4 Å². The molecule has 2 amide bonds. The molecule has 1 aromatic heterocycles. The zero-order valence-electron chi connectivity index (χ0n) is 8.64. The number of nitrogens with one attached hydrogen (secondary N) is 1. The fourth-order valence-corrected chi connectivity index (χ4v) is 3.85. The molecule has 11 heteroatoms. The normalized spacial score (nSPS) is 15.3. The van der Waals surface area contributed by atoms with Crippen LogP contribution in [0.25, 0.3) is 0 Å². The van der Waals surface area contributed by atoms with Crippen LogP contribution in [0, 0.1) is 0 Å². The summed E-state index contributed by atoms with van der Waals surface area (Å²) in [5, 5.41) is 9.33. The summed E-state index contributed by atoms with van der Waals surface area (Å²) in [4.78, 5) is 22.6. The number of hydrogen-bond acceptors (Lipinski definition) is 8. The lowest BCUT2D eigenvalue weighted by Gasteiger charge is -2.07. The van der Waals surface area contributed by atoms with Gasteiger partial charge >= 0.3 is 5.24 Å². The average Bonchev–Trinajstić information content (AvgIpc) is 2.96. The van der Waals surface area contributed by atoms with E-state index in [9.17, 15) is 18.0 Å². The van der Waals surface area contributed by atoms with Gasteiger partial charge in [0, 0.05) is 17.3 Å². The van der Waals surface area contributed by atoms with Crippen molar-refractivity contribution < 1.29 is 18.0 Å². The van der Waals surface area contributed by atoms with Crippen LogP contribution >= 0.6 is 23.3 Å². The molecule has 1 aliphatic heterocycles. The number of nitrogens with zero attached hydrogens (tertiary/aromatic N) is 3. The van der Waals surface area contributed by atoms with Crippen molar-refractivity contribution in [3.63, 3.8) is 0 Å². The van der Waals surface area contributed by atoms with Crippen molar-refractivity contribution in [2.75, 3.05) is 6.54 Å². The van der Waals surface area contributed by atoms with Crippen LogP contribution < -0.4 is 4.13 Å². The molecule has 0 saturated heterocycles. The molecule has 0 aliphatic carbocycles. The molecule has 8 nitrogen and oxygen atoms in total. The summed E-state index contributed by atoms with van der Waals surface area (Å²) in [7, 11) is -3.77. The van der Waals surface area contributed by atoms with E-state index in [4.69, 9.17) is 0 Å². The number of thiophene rings is 1. The van der Waals surface area contributed by atoms with Crippen molar-refractivity contribution in [1.29, 1.82) is 0 Å². The van der Waals surface area contributed by atoms with Crippen LogP contribution in [-0.4, -0.2) is 31.1 Å². The number of rotatable bonds is 3. The lowest BCUT2D eigenvalue weighted by atomic mass is 10.6. The molecule has 96 valence electrons. The molecule has 0 atom stereocenters. The molecule has 0 aromatic carbocycles. The van der Waals surface area contributed by atoms with E-state index in [0.717, 1.165) is 0 Å². The molecule has 2 rings (SSSR count). The van der Waals surface area contributed by atoms with Crippen molar-refractivity contribution in [1.82, 2.24) is 9.14 Å². The minimum atomic E-state index is -3.77. The zero-order valence-corrected chi connectivity index (χ0v) is 11.1. The third-order valence-electron chi connectivity index (χ3n) is 1.81. The second kappa shape index (κ2) is 5.14. The third-order valence-corrected chi connectivity index (χ3v) is 5.08. The van der Waals surface area contributed by atoms with E-state index in [1.807, 2.05) is 4.13 Å². The highest BCUT2D eigenvalue weighted by Gasteiger charge is 2.28. The maximum absolute atomic E-state index is 11.7. The second-order valence-electron chi connectivity index (χ2n) is 3.01. The van der Waals surface area contributed by atoms with Gasteiger partial charge in [-0.3, -0.25) is 9.59 Å². The lowest BCUT2D eigenvalue weighted by molar-refractivity contribution is -0.124. The molecule has 1 aliphatic rings. The van der Waals surface area contributed by atoms with E-state index in [0.29, 0.717) is 5.01 Å². The van der Waals surface area contributed by atoms with Crippen molar-refractivity contribution in [2.45, 2.75) is 4.90 Å². The van der Waals surface area contributed by atoms with Gasteiger partial charge in [0.25, 0.3) is 15.9 Å². The van der Waals surface area contributed by atoms with Gasteiger partial charge in [-0.1, -0.05) is 5.22 Å². The van der Waals surface area contributed by atoms with Gasteiger partial charge < -0.3 is 0 Å². The summed E-state index contributed by atoms with van der Waals surface area (Å²) in [5.74, 6) is -0.595. The molecule has 18 heavy (non-hydrogen) atoms. The second-order valence-corrected chi connectivity index (χ2v) is 6.49. The van der Waals surface area contributed by atoms with Crippen LogP contribution in [-0.2, 0) is 14.8 Å². The van der Waals surface area contributed by atoms with Crippen LogP contribution in [0.1, 0.15) is 0 Å². The molecular formula is C7H6N4O4S3. The van der Waals surface area contributed by atoms with Crippen LogP contribution in [0.15, 0.2) is 32.1 Å². The van der Waals surface area contributed by atoms with Gasteiger partial charge in [0.1, 0.15) is 6.54 Å². The quantitative estimate of drug-likeness (QED) is 0.838. The highest BCUT2D eigenvalue weighted by atomic mass is 32.3. The Morgan fingerprint density at radius 3 is 2.89 bits per heavy atom. The van der Waals surface area contributed by atoms with Crippen molar-refractivity contribution >= 4 is 44.5 Å². The van der Waals surface area contributed by atoms with Crippen LogP contribution in [0.2, 0.25) is 0 Å². The summed E-state index contributed by atoms with van der Waals surface area (Å²) in [5.41, 5.74) is 0. The maximum atomic E-state index is 11.7. The number of hydrogen-bond donors (Lipinski definition) is 1. The first kappa shape index (κ1) is 13.1. The average molecular weight is 306 g/mol. The minimum Gasteiger partial charge on any atom is -0.270 e. The summed E-state index contributed by atoms with van der Waals surface area (Å²) < 4.78 is 25.3. The Morgan fingerprint density at radius 1 is 1.56 bits per heavy atom. The Balaban J connectivity index is 1.98. The van der Waals surface area contributed by atoms with Gasteiger partial charge in [-0.05, 0) is 11.4 Å². The Kier molecular flexibility index (Phi) is 3.75. The van der Waals surface area contributed by atoms with Crippen LogP contribution in [0.5, 0.6) is 0 Å². The van der Waals surface area contributed by atoms with Gasteiger partial charge in [0.05, 0.1) is 4.90 Å². The molecule has 0 radical (unpaired) electrons. The monoisotopic (exact) mass is 306 g/mol.